The minimum Gasteiger partial charge on any atom is -0.311 e. The molecule has 3 rings (SSSR count). The van der Waals surface area contributed by atoms with Gasteiger partial charge >= 0.3 is 0 Å². The van der Waals surface area contributed by atoms with E-state index in [-0.39, 0.29) is 0 Å². The Balaban J connectivity index is 2.04. The summed E-state index contributed by atoms with van der Waals surface area (Å²) < 4.78 is 2.19. The Morgan fingerprint density at radius 1 is 1.33 bits per heavy atom. The minimum atomic E-state index is 0.797. The minimum absolute atomic E-state index is 0.797. The van der Waals surface area contributed by atoms with Crippen LogP contribution in [0.15, 0.2) is 30.6 Å². The summed E-state index contributed by atoms with van der Waals surface area (Å²) in [7, 11) is 0. The second-order valence-corrected chi connectivity index (χ2v) is 4.38. The number of imidazole rings is 1. The maximum absolute atomic E-state index is 4.41. The largest absolute Gasteiger partial charge is 0.311 e. The summed E-state index contributed by atoms with van der Waals surface area (Å²) in [5, 5.41) is 2.38. The van der Waals surface area contributed by atoms with Crippen LogP contribution < -0.4 is 5.01 Å². The van der Waals surface area contributed by atoms with Crippen molar-refractivity contribution >= 4 is 11.0 Å². The van der Waals surface area contributed by atoms with Gasteiger partial charge in [-0.05, 0) is 24.5 Å². The molecule has 15 heavy (non-hydrogen) atoms. The van der Waals surface area contributed by atoms with Crippen LogP contribution >= 0.6 is 0 Å². The Hall–Kier alpha value is -1.51. The van der Waals surface area contributed by atoms with Gasteiger partial charge in [-0.3, -0.25) is 0 Å². The maximum Gasteiger partial charge on any atom is 0.116 e. The normalized spacial score (nSPS) is 21.4. The van der Waals surface area contributed by atoms with E-state index in [0.29, 0.717) is 0 Å². The summed E-state index contributed by atoms with van der Waals surface area (Å²) in [4.78, 5) is 4.41. The highest BCUT2D eigenvalue weighted by molar-refractivity contribution is 5.75. The monoisotopic (exact) mass is 201 g/mol. The molecule has 1 fully saturated rings. The highest BCUT2D eigenvalue weighted by atomic mass is 15.6. The van der Waals surface area contributed by atoms with Gasteiger partial charge in [-0.15, -0.1) is 0 Å². The lowest BCUT2D eigenvalue weighted by Crippen LogP contribution is -2.31. The Labute approximate surface area is 89.3 Å². The highest BCUT2D eigenvalue weighted by Crippen LogP contribution is 2.18. The van der Waals surface area contributed by atoms with E-state index < -0.39 is 0 Å². The van der Waals surface area contributed by atoms with Crippen molar-refractivity contribution in [1.82, 2.24) is 9.66 Å². The Bertz CT molecular complexity index is 474. The molecule has 0 amide bonds. The summed E-state index contributed by atoms with van der Waals surface area (Å²) in [6, 6.07) is 8.29. The Kier molecular flexibility index (Phi) is 1.91. The van der Waals surface area contributed by atoms with Crippen LogP contribution in [0, 0.1) is 5.92 Å². The Morgan fingerprint density at radius 3 is 3.00 bits per heavy atom. The lowest BCUT2D eigenvalue weighted by molar-refractivity contribution is 0.624. The smallest absolute Gasteiger partial charge is 0.116 e. The molecule has 1 aromatic heterocycles. The number of rotatable bonds is 1. The van der Waals surface area contributed by atoms with Gasteiger partial charge in [0.05, 0.1) is 11.0 Å². The van der Waals surface area contributed by atoms with Crippen molar-refractivity contribution in [3.63, 3.8) is 0 Å². The van der Waals surface area contributed by atoms with Crippen LogP contribution in [0.25, 0.3) is 11.0 Å². The van der Waals surface area contributed by atoms with E-state index in [4.69, 9.17) is 0 Å². The standard InChI is InChI=1S/C12H15N3/c1-10-6-7-14(8-10)15-9-13-11-4-2-3-5-12(11)15/h2-5,9-10H,6-8H2,1H3. The van der Waals surface area contributed by atoms with Crippen molar-refractivity contribution in [2.24, 2.45) is 5.92 Å². The van der Waals surface area contributed by atoms with Crippen LogP contribution in [-0.4, -0.2) is 22.7 Å². The van der Waals surface area contributed by atoms with Crippen LogP contribution in [0.2, 0.25) is 0 Å². The molecule has 3 nitrogen and oxygen atoms in total. The first-order chi connectivity index (χ1) is 7.34. The zero-order valence-electron chi connectivity index (χ0n) is 8.93. The van der Waals surface area contributed by atoms with Gasteiger partial charge in [0.1, 0.15) is 6.33 Å². The van der Waals surface area contributed by atoms with Gasteiger partial charge in [-0.25, -0.2) is 9.66 Å². The first kappa shape index (κ1) is 8.77. The molecule has 1 aliphatic rings. The van der Waals surface area contributed by atoms with E-state index in [1.54, 1.807) is 0 Å². The van der Waals surface area contributed by atoms with Gasteiger partial charge in [-0.2, -0.15) is 0 Å². The number of hydrogen-bond acceptors (Lipinski definition) is 2. The van der Waals surface area contributed by atoms with Gasteiger partial charge in [0.15, 0.2) is 0 Å². The number of nitrogens with zero attached hydrogens (tertiary/aromatic N) is 3. The van der Waals surface area contributed by atoms with E-state index >= 15 is 0 Å². The van der Waals surface area contributed by atoms with Gasteiger partial charge in [0.25, 0.3) is 0 Å². The van der Waals surface area contributed by atoms with Crippen molar-refractivity contribution in [3.8, 4) is 0 Å². The van der Waals surface area contributed by atoms with Gasteiger partial charge < -0.3 is 5.01 Å². The molecule has 0 N–H and O–H groups in total. The molecule has 0 bridgehead atoms. The topological polar surface area (TPSA) is 21.1 Å². The first-order valence-electron chi connectivity index (χ1n) is 5.52. The van der Waals surface area contributed by atoms with Crippen LogP contribution in [0.3, 0.4) is 0 Å². The molecule has 1 aliphatic heterocycles. The number of fused-ring (bicyclic) bond motifs is 1. The summed E-state index contributed by atoms with van der Waals surface area (Å²) >= 11 is 0. The van der Waals surface area contributed by atoms with E-state index in [1.165, 1.54) is 11.9 Å². The third-order valence-electron chi connectivity index (χ3n) is 3.14. The Morgan fingerprint density at radius 2 is 2.20 bits per heavy atom. The third kappa shape index (κ3) is 1.39. The molecule has 0 saturated carbocycles. The van der Waals surface area contributed by atoms with Crippen LogP contribution in [0.4, 0.5) is 0 Å². The van der Waals surface area contributed by atoms with Crippen LogP contribution in [0.5, 0.6) is 0 Å². The summed E-state index contributed by atoms with van der Waals surface area (Å²) in [5.74, 6) is 0.797. The second kappa shape index (κ2) is 3.26. The number of hydrogen-bond donors (Lipinski definition) is 0. The van der Waals surface area contributed by atoms with Crippen molar-refractivity contribution in [3.05, 3.63) is 30.6 Å². The summed E-state index contributed by atoms with van der Waals surface area (Å²) in [5.41, 5.74) is 2.30. The lowest BCUT2D eigenvalue weighted by Gasteiger charge is -2.19. The summed E-state index contributed by atoms with van der Waals surface area (Å²) in [6.07, 6.45) is 3.22. The molecule has 2 aromatic rings. The predicted octanol–water partition coefficient (Wildman–Crippen LogP) is 2.01. The average molecular weight is 201 g/mol. The molecule has 3 heteroatoms. The molecule has 78 valence electrons. The fourth-order valence-electron chi connectivity index (χ4n) is 2.28. The molecule has 0 spiro atoms. The molecule has 0 aliphatic carbocycles. The van der Waals surface area contributed by atoms with E-state index in [0.717, 1.165) is 24.5 Å². The first-order valence-corrected chi connectivity index (χ1v) is 5.52. The average Bonchev–Trinajstić information content (AvgIpc) is 2.83. The molecule has 1 saturated heterocycles. The van der Waals surface area contributed by atoms with Crippen LogP contribution in [0.1, 0.15) is 13.3 Å². The van der Waals surface area contributed by atoms with Crippen molar-refractivity contribution in [2.75, 3.05) is 18.1 Å². The third-order valence-corrected chi connectivity index (χ3v) is 3.14. The van der Waals surface area contributed by atoms with Gasteiger partial charge in [0.2, 0.25) is 0 Å². The lowest BCUT2D eigenvalue weighted by atomic mass is 10.2. The van der Waals surface area contributed by atoms with Crippen molar-refractivity contribution in [2.45, 2.75) is 13.3 Å². The second-order valence-electron chi connectivity index (χ2n) is 4.38. The van der Waals surface area contributed by atoms with Gasteiger partial charge in [0, 0.05) is 13.1 Å². The van der Waals surface area contributed by atoms with E-state index in [9.17, 15) is 0 Å². The fourth-order valence-corrected chi connectivity index (χ4v) is 2.28. The maximum atomic E-state index is 4.41. The predicted molar refractivity (Wildman–Crippen MR) is 61.5 cm³/mol. The van der Waals surface area contributed by atoms with Crippen LogP contribution in [-0.2, 0) is 0 Å². The van der Waals surface area contributed by atoms with E-state index in [1.807, 2.05) is 12.4 Å². The fraction of sp³-hybridized carbons (Fsp3) is 0.417. The van der Waals surface area contributed by atoms with Gasteiger partial charge in [-0.1, -0.05) is 19.1 Å². The van der Waals surface area contributed by atoms with Crippen molar-refractivity contribution < 1.29 is 0 Å². The molecular formula is C12H15N3. The molecule has 1 unspecified atom stereocenters. The van der Waals surface area contributed by atoms with Crippen molar-refractivity contribution in [1.29, 1.82) is 0 Å². The van der Waals surface area contributed by atoms with E-state index in [2.05, 4.69) is 39.8 Å². The summed E-state index contributed by atoms with van der Waals surface area (Å²) in [6.45, 7) is 4.58. The zero-order chi connectivity index (χ0) is 10.3. The molecule has 0 radical (unpaired) electrons. The molecular weight excluding hydrogens is 186 g/mol. The number of para-hydroxylation sites is 2. The quantitative estimate of drug-likeness (QED) is 0.703. The molecule has 1 aromatic carbocycles. The molecule has 1 atom stereocenters. The SMILES string of the molecule is CC1CCN(n2cnc3ccccc32)C1. The highest BCUT2D eigenvalue weighted by Gasteiger charge is 2.19. The number of benzene rings is 1. The number of aromatic nitrogens is 2. The zero-order valence-corrected chi connectivity index (χ0v) is 8.93. The molecule has 2 heterocycles.